The first-order valence-electron chi connectivity index (χ1n) is 8.72. The summed E-state index contributed by atoms with van der Waals surface area (Å²) in [6, 6.07) is 2.80. The highest BCUT2D eigenvalue weighted by molar-refractivity contribution is 7.20. The fraction of sp³-hybridized carbons (Fsp3) is 0.647. The number of amides is 1. The van der Waals surface area contributed by atoms with Gasteiger partial charge >= 0.3 is 0 Å². The summed E-state index contributed by atoms with van der Waals surface area (Å²) in [5.41, 5.74) is 1.04. The predicted molar refractivity (Wildman–Crippen MR) is 93.2 cm³/mol. The molecule has 1 atom stereocenters. The lowest BCUT2D eigenvalue weighted by molar-refractivity contribution is 0.0944. The molecule has 2 aromatic rings. The summed E-state index contributed by atoms with van der Waals surface area (Å²) in [5, 5.41) is 12.3. The Morgan fingerprint density at radius 1 is 1.35 bits per heavy atom. The van der Waals surface area contributed by atoms with Gasteiger partial charge in [-0.25, -0.2) is 0 Å². The van der Waals surface area contributed by atoms with Crippen LogP contribution in [0.15, 0.2) is 6.07 Å². The van der Waals surface area contributed by atoms with Crippen molar-refractivity contribution in [2.75, 3.05) is 13.1 Å². The van der Waals surface area contributed by atoms with E-state index in [9.17, 15) is 4.79 Å². The van der Waals surface area contributed by atoms with Gasteiger partial charge in [0.2, 0.25) is 0 Å². The van der Waals surface area contributed by atoms with E-state index in [-0.39, 0.29) is 11.9 Å². The third-order valence-corrected chi connectivity index (χ3v) is 6.23. The zero-order chi connectivity index (χ0) is 15.8. The number of fused-ring (bicyclic) bond motifs is 1. The van der Waals surface area contributed by atoms with Crippen LogP contribution in [0.25, 0.3) is 10.2 Å². The molecule has 2 fully saturated rings. The van der Waals surface area contributed by atoms with Crippen LogP contribution in [0, 0.1) is 6.92 Å². The van der Waals surface area contributed by atoms with Crippen LogP contribution in [0.1, 0.15) is 59.9 Å². The standard InChI is InChI=1S/C17H24N4OS/c1-11-14-9-15(16(22)19-12-7-8-18-10-12)23-17(14)21(20-11)13-5-3-2-4-6-13/h9,12-13,18H,2-8,10H2,1H3,(H,19,22)/t12-/m0/s1. The van der Waals surface area contributed by atoms with Crippen molar-refractivity contribution in [3.05, 3.63) is 16.6 Å². The van der Waals surface area contributed by atoms with E-state index < -0.39 is 0 Å². The van der Waals surface area contributed by atoms with Gasteiger partial charge in [0.05, 0.1) is 16.6 Å². The van der Waals surface area contributed by atoms with E-state index in [1.807, 2.05) is 6.07 Å². The minimum absolute atomic E-state index is 0.0643. The first-order chi connectivity index (χ1) is 11.2. The largest absolute Gasteiger partial charge is 0.347 e. The minimum atomic E-state index is 0.0643. The first kappa shape index (κ1) is 15.1. The first-order valence-corrected chi connectivity index (χ1v) is 9.54. The average Bonchev–Trinajstić information content (AvgIpc) is 3.27. The summed E-state index contributed by atoms with van der Waals surface area (Å²) < 4.78 is 2.20. The van der Waals surface area contributed by atoms with Crippen LogP contribution in [0.3, 0.4) is 0 Å². The fourth-order valence-electron chi connectivity index (χ4n) is 3.79. The van der Waals surface area contributed by atoms with Crippen molar-refractivity contribution in [1.29, 1.82) is 0 Å². The van der Waals surface area contributed by atoms with Crippen LogP contribution < -0.4 is 10.6 Å². The highest BCUT2D eigenvalue weighted by atomic mass is 32.1. The highest BCUT2D eigenvalue weighted by Gasteiger charge is 2.24. The maximum absolute atomic E-state index is 12.5. The number of carbonyl (C=O) groups excluding carboxylic acids is 1. The maximum Gasteiger partial charge on any atom is 0.261 e. The number of hydrogen-bond acceptors (Lipinski definition) is 4. The van der Waals surface area contributed by atoms with Crippen molar-refractivity contribution >= 4 is 27.5 Å². The van der Waals surface area contributed by atoms with Gasteiger partial charge in [-0.2, -0.15) is 5.10 Å². The molecule has 2 N–H and O–H groups in total. The monoisotopic (exact) mass is 332 g/mol. The van der Waals surface area contributed by atoms with Gasteiger partial charge in [-0.1, -0.05) is 19.3 Å². The van der Waals surface area contributed by atoms with E-state index >= 15 is 0 Å². The molecule has 0 spiro atoms. The number of thiophene rings is 1. The summed E-state index contributed by atoms with van der Waals surface area (Å²) in [5.74, 6) is 0.0643. The molecule has 3 heterocycles. The molecule has 124 valence electrons. The SMILES string of the molecule is Cc1nn(C2CCCCC2)c2sc(C(=O)N[C@H]3CCNC3)cc12. The van der Waals surface area contributed by atoms with Crippen molar-refractivity contribution in [3.63, 3.8) is 0 Å². The second-order valence-corrected chi connectivity index (χ2v) is 7.85. The molecule has 1 aliphatic heterocycles. The normalized spacial score (nSPS) is 22.7. The Bertz CT molecular complexity index is 708. The van der Waals surface area contributed by atoms with E-state index in [0.29, 0.717) is 6.04 Å². The summed E-state index contributed by atoms with van der Waals surface area (Å²) in [7, 11) is 0. The predicted octanol–water partition coefficient (Wildman–Crippen LogP) is 3.00. The zero-order valence-electron chi connectivity index (χ0n) is 13.6. The van der Waals surface area contributed by atoms with Crippen molar-refractivity contribution in [1.82, 2.24) is 20.4 Å². The van der Waals surface area contributed by atoms with Gasteiger partial charge in [0, 0.05) is 18.0 Å². The van der Waals surface area contributed by atoms with Gasteiger partial charge in [-0.05, 0) is 38.8 Å². The molecular weight excluding hydrogens is 308 g/mol. The number of rotatable bonds is 3. The Labute approximate surface area is 140 Å². The van der Waals surface area contributed by atoms with Gasteiger partial charge in [-0.15, -0.1) is 11.3 Å². The Hall–Kier alpha value is -1.40. The van der Waals surface area contributed by atoms with E-state index in [1.54, 1.807) is 11.3 Å². The number of aryl methyl sites for hydroxylation is 1. The Morgan fingerprint density at radius 2 is 2.17 bits per heavy atom. The van der Waals surface area contributed by atoms with Crippen molar-refractivity contribution < 1.29 is 4.79 Å². The van der Waals surface area contributed by atoms with Gasteiger partial charge in [-0.3, -0.25) is 9.48 Å². The quantitative estimate of drug-likeness (QED) is 0.908. The van der Waals surface area contributed by atoms with Crippen LogP contribution >= 0.6 is 11.3 Å². The molecule has 2 aliphatic rings. The lowest BCUT2D eigenvalue weighted by Crippen LogP contribution is -2.35. The van der Waals surface area contributed by atoms with Crippen LogP contribution in [0.4, 0.5) is 0 Å². The Kier molecular flexibility index (Phi) is 4.11. The summed E-state index contributed by atoms with van der Waals surface area (Å²) in [6.45, 7) is 3.93. The van der Waals surface area contributed by atoms with E-state index in [2.05, 4.69) is 22.2 Å². The zero-order valence-corrected chi connectivity index (χ0v) is 14.4. The van der Waals surface area contributed by atoms with Crippen LogP contribution in [-0.2, 0) is 0 Å². The van der Waals surface area contributed by atoms with Gasteiger partial charge in [0.25, 0.3) is 5.91 Å². The van der Waals surface area contributed by atoms with Crippen LogP contribution in [-0.4, -0.2) is 34.8 Å². The third-order valence-electron chi connectivity index (χ3n) is 5.11. The molecule has 1 saturated heterocycles. The van der Waals surface area contributed by atoms with Crippen molar-refractivity contribution in [2.24, 2.45) is 0 Å². The van der Waals surface area contributed by atoms with Crippen LogP contribution in [0.5, 0.6) is 0 Å². The molecule has 5 nitrogen and oxygen atoms in total. The lowest BCUT2D eigenvalue weighted by atomic mass is 9.96. The summed E-state index contributed by atoms with van der Waals surface area (Å²) in [4.78, 5) is 14.5. The smallest absolute Gasteiger partial charge is 0.261 e. The number of carbonyl (C=O) groups is 1. The molecule has 1 amide bonds. The summed E-state index contributed by atoms with van der Waals surface area (Å²) in [6.07, 6.45) is 7.36. The Balaban J connectivity index is 1.60. The molecule has 4 rings (SSSR count). The Morgan fingerprint density at radius 3 is 2.91 bits per heavy atom. The molecule has 23 heavy (non-hydrogen) atoms. The third kappa shape index (κ3) is 2.90. The molecule has 0 radical (unpaired) electrons. The number of aromatic nitrogens is 2. The highest BCUT2D eigenvalue weighted by Crippen LogP contribution is 2.35. The minimum Gasteiger partial charge on any atom is -0.347 e. The van der Waals surface area contributed by atoms with Gasteiger partial charge in [0.1, 0.15) is 4.83 Å². The summed E-state index contributed by atoms with van der Waals surface area (Å²) >= 11 is 1.60. The molecule has 0 aromatic carbocycles. The number of hydrogen-bond donors (Lipinski definition) is 2. The molecule has 0 unspecified atom stereocenters. The van der Waals surface area contributed by atoms with E-state index in [1.165, 1.54) is 36.9 Å². The average molecular weight is 332 g/mol. The molecule has 6 heteroatoms. The van der Waals surface area contributed by atoms with E-state index in [0.717, 1.165) is 35.5 Å². The molecule has 1 saturated carbocycles. The second kappa shape index (κ2) is 6.24. The molecule has 2 aromatic heterocycles. The fourth-order valence-corrected chi connectivity index (χ4v) is 4.93. The number of nitrogens with one attached hydrogen (secondary N) is 2. The molecule has 1 aliphatic carbocycles. The van der Waals surface area contributed by atoms with Gasteiger partial charge in [0.15, 0.2) is 0 Å². The van der Waals surface area contributed by atoms with Crippen molar-refractivity contribution in [2.45, 2.75) is 57.5 Å². The topological polar surface area (TPSA) is 59.0 Å². The molecular formula is C17H24N4OS. The van der Waals surface area contributed by atoms with E-state index in [4.69, 9.17) is 5.10 Å². The second-order valence-electron chi connectivity index (χ2n) is 6.81. The lowest BCUT2D eigenvalue weighted by Gasteiger charge is -2.22. The van der Waals surface area contributed by atoms with Gasteiger partial charge < -0.3 is 10.6 Å². The van der Waals surface area contributed by atoms with Crippen molar-refractivity contribution in [3.8, 4) is 0 Å². The van der Waals surface area contributed by atoms with Crippen LogP contribution in [0.2, 0.25) is 0 Å². The molecule has 0 bridgehead atoms. The number of nitrogens with zero attached hydrogens (tertiary/aromatic N) is 2. The maximum atomic E-state index is 12.5.